The number of aromatic nitrogens is 1. The van der Waals surface area contributed by atoms with Gasteiger partial charge in [-0.25, -0.2) is 4.79 Å². The van der Waals surface area contributed by atoms with Gasteiger partial charge in [0.2, 0.25) is 0 Å². The van der Waals surface area contributed by atoms with E-state index in [9.17, 15) is 4.79 Å². The summed E-state index contributed by atoms with van der Waals surface area (Å²) in [6.07, 6.45) is 7.61. The highest BCUT2D eigenvalue weighted by atomic mass is 16.5. The summed E-state index contributed by atoms with van der Waals surface area (Å²) in [6.45, 7) is 2.41. The SMILES string of the molecule is O=C(NCCc1ccncc1)N1C[C@@H]2[C@H](C1)[C@H]1CC[C@@H]2O1. The number of nitrogens with zero attached hydrogens (tertiary/aromatic N) is 2. The van der Waals surface area contributed by atoms with Crippen molar-refractivity contribution in [3.8, 4) is 0 Å². The zero-order valence-electron chi connectivity index (χ0n) is 12.1. The lowest BCUT2D eigenvalue weighted by molar-refractivity contribution is 0.0739. The molecule has 1 N–H and O–H groups in total. The second kappa shape index (κ2) is 5.30. The van der Waals surface area contributed by atoms with Gasteiger partial charge in [0.1, 0.15) is 0 Å². The van der Waals surface area contributed by atoms with Gasteiger partial charge in [0.05, 0.1) is 12.2 Å². The van der Waals surface area contributed by atoms with Crippen LogP contribution in [0.3, 0.4) is 0 Å². The first-order chi connectivity index (χ1) is 10.3. The van der Waals surface area contributed by atoms with E-state index >= 15 is 0 Å². The van der Waals surface area contributed by atoms with Crippen LogP contribution >= 0.6 is 0 Å². The molecule has 3 saturated heterocycles. The van der Waals surface area contributed by atoms with Crippen molar-refractivity contribution in [1.82, 2.24) is 15.2 Å². The van der Waals surface area contributed by atoms with Crippen LogP contribution in [-0.2, 0) is 11.2 Å². The lowest BCUT2D eigenvalue weighted by atomic mass is 9.82. The molecule has 1 aromatic rings. The number of carbonyl (C=O) groups excluding carboxylic acids is 1. The van der Waals surface area contributed by atoms with E-state index in [1.807, 2.05) is 17.0 Å². The molecule has 4 rings (SSSR count). The van der Waals surface area contributed by atoms with E-state index in [2.05, 4.69) is 10.3 Å². The third-order valence-electron chi connectivity index (χ3n) is 5.18. The summed E-state index contributed by atoms with van der Waals surface area (Å²) in [6, 6.07) is 4.06. The van der Waals surface area contributed by atoms with E-state index in [1.54, 1.807) is 12.4 Å². The van der Waals surface area contributed by atoms with Crippen molar-refractivity contribution in [2.75, 3.05) is 19.6 Å². The highest BCUT2D eigenvalue weighted by Gasteiger charge is 2.53. The minimum Gasteiger partial charge on any atom is -0.374 e. The first-order valence-electron chi connectivity index (χ1n) is 7.88. The van der Waals surface area contributed by atoms with Gasteiger partial charge in [0.15, 0.2) is 0 Å². The van der Waals surface area contributed by atoms with Crippen molar-refractivity contribution in [3.63, 3.8) is 0 Å². The fraction of sp³-hybridized carbons (Fsp3) is 0.625. The molecule has 21 heavy (non-hydrogen) atoms. The summed E-state index contributed by atoms with van der Waals surface area (Å²) in [5.74, 6) is 1.16. The predicted octanol–water partition coefficient (Wildman–Crippen LogP) is 1.44. The topological polar surface area (TPSA) is 54.5 Å². The average molecular weight is 287 g/mol. The maximum absolute atomic E-state index is 12.3. The first-order valence-corrected chi connectivity index (χ1v) is 7.88. The number of ether oxygens (including phenoxy) is 1. The Morgan fingerprint density at radius 1 is 1.24 bits per heavy atom. The number of amides is 2. The summed E-state index contributed by atoms with van der Waals surface area (Å²) < 4.78 is 5.94. The minimum atomic E-state index is 0.0813. The third-order valence-corrected chi connectivity index (χ3v) is 5.18. The molecule has 0 aliphatic carbocycles. The molecule has 4 heterocycles. The number of hydrogen-bond donors (Lipinski definition) is 1. The van der Waals surface area contributed by atoms with Gasteiger partial charge in [-0.3, -0.25) is 4.98 Å². The average Bonchev–Trinajstić information content (AvgIpc) is 3.21. The van der Waals surface area contributed by atoms with E-state index in [0.29, 0.717) is 30.6 Å². The number of pyridine rings is 1. The zero-order valence-corrected chi connectivity index (χ0v) is 12.1. The van der Waals surface area contributed by atoms with Crippen molar-refractivity contribution in [2.24, 2.45) is 11.8 Å². The summed E-state index contributed by atoms with van der Waals surface area (Å²) >= 11 is 0. The number of likely N-dealkylation sites (tertiary alicyclic amines) is 1. The lowest BCUT2D eigenvalue weighted by Gasteiger charge is -2.19. The van der Waals surface area contributed by atoms with E-state index in [-0.39, 0.29) is 6.03 Å². The molecule has 0 unspecified atom stereocenters. The molecule has 5 heteroatoms. The molecule has 2 amide bonds. The van der Waals surface area contributed by atoms with E-state index in [1.165, 1.54) is 18.4 Å². The van der Waals surface area contributed by atoms with Gasteiger partial charge in [-0.2, -0.15) is 0 Å². The lowest BCUT2D eigenvalue weighted by Crippen LogP contribution is -2.40. The van der Waals surface area contributed by atoms with Gasteiger partial charge in [-0.1, -0.05) is 0 Å². The van der Waals surface area contributed by atoms with Crippen molar-refractivity contribution in [1.29, 1.82) is 0 Å². The predicted molar refractivity (Wildman–Crippen MR) is 77.8 cm³/mol. The molecule has 0 radical (unpaired) electrons. The molecule has 3 aliphatic rings. The highest BCUT2D eigenvalue weighted by Crippen LogP contribution is 2.47. The molecule has 4 atom stereocenters. The smallest absolute Gasteiger partial charge is 0.317 e. The standard InChI is InChI=1S/C16H21N3O2/c20-16(18-8-5-11-3-6-17-7-4-11)19-9-12-13(10-19)15-2-1-14(12)21-15/h3-4,6-7,12-15H,1-2,5,8-10H2,(H,18,20)/t12-,13+,14+,15-. The number of urea groups is 1. The van der Waals surface area contributed by atoms with Crippen LogP contribution in [-0.4, -0.2) is 47.8 Å². The molecule has 0 spiro atoms. The van der Waals surface area contributed by atoms with Gasteiger partial charge in [-0.05, 0) is 37.0 Å². The summed E-state index contributed by atoms with van der Waals surface area (Å²) in [4.78, 5) is 18.2. The monoisotopic (exact) mass is 287 g/mol. The Morgan fingerprint density at radius 3 is 2.57 bits per heavy atom. The second-order valence-corrected chi connectivity index (χ2v) is 6.36. The van der Waals surface area contributed by atoms with Crippen LogP contribution in [0, 0.1) is 11.8 Å². The number of rotatable bonds is 3. The van der Waals surface area contributed by atoms with E-state index < -0.39 is 0 Å². The molecule has 1 aromatic heterocycles. The van der Waals surface area contributed by atoms with Gasteiger partial charge in [0.25, 0.3) is 0 Å². The van der Waals surface area contributed by atoms with Gasteiger partial charge in [0, 0.05) is 43.9 Å². The minimum absolute atomic E-state index is 0.0813. The van der Waals surface area contributed by atoms with Crippen LogP contribution in [0.1, 0.15) is 18.4 Å². The number of fused-ring (bicyclic) bond motifs is 5. The molecule has 3 aliphatic heterocycles. The molecule has 3 fully saturated rings. The van der Waals surface area contributed by atoms with Gasteiger partial charge in [-0.15, -0.1) is 0 Å². The molecular formula is C16H21N3O2. The summed E-state index contributed by atoms with van der Waals surface area (Å²) in [5.41, 5.74) is 1.20. The molecule has 5 nitrogen and oxygen atoms in total. The van der Waals surface area contributed by atoms with Gasteiger partial charge >= 0.3 is 6.03 Å². The van der Waals surface area contributed by atoms with Crippen molar-refractivity contribution >= 4 is 6.03 Å². The molecule has 0 saturated carbocycles. The van der Waals surface area contributed by atoms with Crippen molar-refractivity contribution < 1.29 is 9.53 Å². The molecular weight excluding hydrogens is 266 g/mol. The Kier molecular flexibility index (Phi) is 3.30. The van der Waals surface area contributed by atoms with Crippen LogP contribution < -0.4 is 5.32 Å². The molecule has 112 valence electrons. The van der Waals surface area contributed by atoms with Crippen molar-refractivity contribution in [3.05, 3.63) is 30.1 Å². The first kappa shape index (κ1) is 13.1. The highest BCUT2D eigenvalue weighted by molar-refractivity contribution is 5.74. The second-order valence-electron chi connectivity index (χ2n) is 6.36. The maximum atomic E-state index is 12.3. The number of hydrogen-bond acceptors (Lipinski definition) is 3. The van der Waals surface area contributed by atoms with Crippen molar-refractivity contribution in [2.45, 2.75) is 31.5 Å². The quantitative estimate of drug-likeness (QED) is 0.915. The third kappa shape index (κ3) is 2.39. The van der Waals surface area contributed by atoms with E-state index in [0.717, 1.165) is 19.5 Å². The van der Waals surface area contributed by atoms with E-state index in [4.69, 9.17) is 4.74 Å². The van der Waals surface area contributed by atoms with Gasteiger partial charge < -0.3 is 15.0 Å². The van der Waals surface area contributed by atoms with Crippen LogP contribution in [0.15, 0.2) is 24.5 Å². The van der Waals surface area contributed by atoms with Crippen LogP contribution in [0.4, 0.5) is 4.79 Å². The van der Waals surface area contributed by atoms with Crippen LogP contribution in [0.5, 0.6) is 0 Å². The van der Waals surface area contributed by atoms with Crippen LogP contribution in [0.2, 0.25) is 0 Å². The Balaban J connectivity index is 1.27. The largest absolute Gasteiger partial charge is 0.374 e. The molecule has 2 bridgehead atoms. The van der Waals surface area contributed by atoms with Crippen LogP contribution in [0.25, 0.3) is 0 Å². The maximum Gasteiger partial charge on any atom is 0.317 e. The Morgan fingerprint density at radius 2 is 1.90 bits per heavy atom. The zero-order chi connectivity index (χ0) is 14.2. The fourth-order valence-electron chi connectivity index (χ4n) is 4.10. The Labute approximate surface area is 124 Å². The number of nitrogens with one attached hydrogen (secondary N) is 1. The Hall–Kier alpha value is -1.62. The normalized spacial score (nSPS) is 33.2. The number of carbonyl (C=O) groups is 1. The summed E-state index contributed by atoms with van der Waals surface area (Å²) in [5, 5.41) is 3.04. The molecule has 0 aromatic carbocycles. The fourth-order valence-corrected chi connectivity index (χ4v) is 4.10. The Bertz CT molecular complexity index is 504. The summed E-state index contributed by atoms with van der Waals surface area (Å²) in [7, 11) is 0.